The predicted octanol–water partition coefficient (Wildman–Crippen LogP) is 4.17. The molecule has 1 amide bonds. The zero-order chi connectivity index (χ0) is 22.0. The normalized spacial score (nSPS) is 17.3. The van der Waals surface area contributed by atoms with E-state index in [4.69, 9.17) is 26.3 Å². The Hall–Kier alpha value is -2.72. The molecule has 3 N–H and O–H groups in total. The molecule has 2 aliphatic heterocycles. The third kappa shape index (κ3) is 4.49. The van der Waals surface area contributed by atoms with Gasteiger partial charge in [-0.05, 0) is 48.9 Å². The van der Waals surface area contributed by atoms with E-state index in [-0.39, 0.29) is 11.4 Å². The van der Waals surface area contributed by atoms with Crippen LogP contribution in [0.2, 0.25) is 5.02 Å². The van der Waals surface area contributed by atoms with Gasteiger partial charge in [0.25, 0.3) is 5.91 Å². The van der Waals surface area contributed by atoms with Crippen LogP contribution in [0.3, 0.4) is 0 Å². The maximum atomic E-state index is 12.5. The van der Waals surface area contributed by atoms with Gasteiger partial charge in [-0.2, -0.15) is 20.6 Å². The lowest BCUT2D eigenvalue weighted by molar-refractivity contribution is -0.830. The van der Waals surface area contributed by atoms with E-state index >= 15 is 0 Å². The molecule has 3 heterocycles. The van der Waals surface area contributed by atoms with Crippen LogP contribution in [-0.2, 0) is 9.63 Å². The second-order valence-electron chi connectivity index (χ2n) is 6.91. The third-order valence-electron chi connectivity index (χ3n) is 4.67. The molecule has 4 rings (SSSR count). The third-order valence-corrected chi connectivity index (χ3v) is 5.95. The van der Waals surface area contributed by atoms with Crippen LogP contribution in [0.1, 0.15) is 31.9 Å². The van der Waals surface area contributed by atoms with Crippen LogP contribution in [0.15, 0.2) is 50.4 Å². The molecular weight excluding hydrogens is 438 g/mol. The van der Waals surface area contributed by atoms with Crippen molar-refractivity contribution in [2.24, 2.45) is 10.1 Å². The lowest BCUT2D eigenvalue weighted by Gasteiger charge is -2.19. The Bertz CT molecular complexity index is 1140. The van der Waals surface area contributed by atoms with Gasteiger partial charge < -0.3 is 4.42 Å². The molecule has 10 heteroatoms. The highest BCUT2D eigenvalue weighted by Gasteiger charge is 2.35. The van der Waals surface area contributed by atoms with Gasteiger partial charge in [-0.1, -0.05) is 24.9 Å². The molecule has 1 aromatic heterocycles. The number of nitrogens with zero attached hydrogens (tertiary/aromatic N) is 3. The standard InChI is InChI=1S/C21H20ClN5O3S/c1-3-4-5-18-25-27-19(23)15(20(28)24-21(27)31-18)11-13-7-9-17(30-13)14-8-6-12(26-29-2)10-16(14)22/h6-11,23,26H,3-5H2,1-2H3/p+1/b15-11-,23-19?. The summed E-state index contributed by atoms with van der Waals surface area (Å²) < 4.78 is 5.88. The number of fused-ring (bicyclic) bond motifs is 1. The van der Waals surface area contributed by atoms with Crippen LogP contribution < -0.4 is 5.48 Å². The predicted molar refractivity (Wildman–Crippen MR) is 122 cm³/mol. The number of hydrogen-bond acceptors (Lipinski definition) is 6. The van der Waals surface area contributed by atoms with E-state index in [2.05, 4.69) is 17.0 Å². The zero-order valence-electron chi connectivity index (χ0n) is 17.0. The molecule has 0 fully saturated rings. The first-order chi connectivity index (χ1) is 15.0. The quantitative estimate of drug-likeness (QED) is 0.368. The number of amidine groups is 2. The van der Waals surface area contributed by atoms with Crippen LogP contribution in [0, 0.1) is 5.41 Å². The second kappa shape index (κ2) is 9.19. The molecule has 0 bridgehead atoms. The molecule has 0 unspecified atom stereocenters. The maximum absolute atomic E-state index is 12.5. The average Bonchev–Trinajstić information content (AvgIpc) is 3.37. The second-order valence-corrected chi connectivity index (χ2v) is 8.36. The summed E-state index contributed by atoms with van der Waals surface area (Å²) in [4.78, 5) is 21.6. The Morgan fingerprint density at radius 2 is 2.19 bits per heavy atom. The molecule has 0 saturated carbocycles. The van der Waals surface area contributed by atoms with Gasteiger partial charge in [0.05, 0.1) is 17.7 Å². The number of nitrogens with one attached hydrogen (secondary N) is 1. The molecule has 0 atom stereocenters. The molecule has 2 aliphatic rings. The van der Waals surface area contributed by atoms with E-state index in [9.17, 15) is 4.79 Å². The van der Waals surface area contributed by atoms with E-state index in [0.717, 1.165) is 30.0 Å². The summed E-state index contributed by atoms with van der Waals surface area (Å²) in [7, 11) is 1.57. The van der Waals surface area contributed by atoms with Gasteiger partial charge in [0.2, 0.25) is 5.17 Å². The van der Waals surface area contributed by atoms with Gasteiger partial charge in [-0.3, -0.25) is 10.2 Å². The molecule has 0 spiro atoms. The van der Waals surface area contributed by atoms with E-state index in [0.29, 0.717) is 27.3 Å². The minimum absolute atomic E-state index is 0.00978. The number of hydrogen-bond donors (Lipinski definition) is 2. The number of carbonyl (C=O) groups excluding carboxylic acids is 1. The number of hydrazone groups is 1. The highest BCUT2D eigenvalue weighted by molar-refractivity contribution is 8.26. The van der Waals surface area contributed by atoms with Gasteiger partial charge in [0.1, 0.15) is 16.6 Å². The topological polar surface area (TPSA) is 108 Å². The molecule has 160 valence electrons. The highest BCUT2D eigenvalue weighted by atomic mass is 35.5. The minimum atomic E-state index is -0.480. The van der Waals surface area contributed by atoms with Crippen LogP contribution in [0.4, 0.5) is 5.69 Å². The number of halogens is 1. The Labute approximate surface area is 188 Å². The number of carbonyl (C=O) groups is 1. The van der Waals surface area contributed by atoms with E-state index in [1.54, 1.807) is 30.8 Å². The van der Waals surface area contributed by atoms with Gasteiger partial charge in [0.15, 0.2) is 11.5 Å². The lowest BCUT2D eigenvalue weighted by atomic mass is 10.1. The van der Waals surface area contributed by atoms with Crippen LogP contribution in [0.5, 0.6) is 0 Å². The maximum Gasteiger partial charge on any atom is 0.283 e. The molecular formula is C21H21ClN5O3S+. The van der Waals surface area contributed by atoms with Crippen molar-refractivity contribution < 1.29 is 19.5 Å². The fraction of sp³-hybridized carbons (Fsp3) is 0.238. The Kier molecular flexibility index (Phi) is 6.38. The first-order valence-electron chi connectivity index (χ1n) is 9.75. The van der Waals surface area contributed by atoms with Gasteiger partial charge in [0, 0.05) is 17.7 Å². The van der Waals surface area contributed by atoms with E-state index < -0.39 is 5.91 Å². The first kappa shape index (κ1) is 21.5. The number of unbranched alkanes of at least 4 members (excludes halogenated alkanes) is 1. The number of amides is 1. The number of nitrogens with two attached hydrogens (primary N) is 1. The Morgan fingerprint density at radius 1 is 1.35 bits per heavy atom. The summed E-state index contributed by atoms with van der Waals surface area (Å²) in [6.07, 6.45) is 4.37. The molecule has 0 aliphatic carbocycles. The first-order valence-corrected chi connectivity index (χ1v) is 10.9. The highest BCUT2D eigenvalue weighted by Crippen LogP contribution is 2.33. The number of benzene rings is 1. The molecule has 0 radical (unpaired) electrons. The number of furan rings is 1. The summed E-state index contributed by atoms with van der Waals surface area (Å²) in [5.41, 5.74) is 3.27. The molecule has 2 aromatic rings. The molecule has 1 aromatic carbocycles. The van der Waals surface area contributed by atoms with Crippen molar-refractivity contribution in [3.63, 3.8) is 0 Å². The molecule has 8 nitrogen and oxygen atoms in total. The van der Waals surface area contributed by atoms with Crippen molar-refractivity contribution in [3.8, 4) is 11.3 Å². The summed E-state index contributed by atoms with van der Waals surface area (Å²) in [5, 5.41) is 16.1. The Balaban J connectivity index is 1.58. The van der Waals surface area contributed by atoms with Crippen molar-refractivity contribution in [1.29, 1.82) is 5.41 Å². The fourth-order valence-corrected chi connectivity index (χ4v) is 4.33. The monoisotopic (exact) mass is 458 g/mol. The number of rotatable bonds is 7. The SMILES string of the molecule is CCCCC1=NN2C(=N)/C(=C/c3ccc(-c4ccc([NH2+]OC)cc4Cl)o3)C(=O)N=C2S1. The van der Waals surface area contributed by atoms with Gasteiger partial charge >= 0.3 is 0 Å². The van der Waals surface area contributed by atoms with Gasteiger partial charge in [-0.25, -0.2) is 4.84 Å². The van der Waals surface area contributed by atoms with E-state index in [1.165, 1.54) is 22.8 Å². The summed E-state index contributed by atoms with van der Waals surface area (Å²) in [6, 6.07) is 8.97. The number of aliphatic imine (C=N–C) groups is 1. The van der Waals surface area contributed by atoms with Crippen molar-refractivity contribution in [2.45, 2.75) is 26.2 Å². The van der Waals surface area contributed by atoms with Crippen LogP contribution in [-0.4, -0.2) is 34.1 Å². The van der Waals surface area contributed by atoms with Crippen molar-refractivity contribution >= 4 is 57.1 Å². The summed E-state index contributed by atoms with van der Waals surface area (Å²) in [5.74, 6) is 0.486. The largest absolute Gasteiger partial charge is 0.457 e. The molecule has 31 heavy (non-hydrogen) atoms. The summed E-state index contributed by atoms with van der Waals surface area (Å²) in [6.45, 7) is 2.11. The van der Waals surface area contributed by atoms with E-state index in [1.807, 2.05) is 12.1 Å². The molecule has 0 saturated heterocycles. The van der Waals surface area contributed by atoms with Gasteiger partial charge in [-0.15, -0.1) is 0 Å². The summed E-state index contributed by atoms with van der Waals surface area (Å²) >= 11 is 7.72. The van der Waals surface area contributed by atoms with Crippen molar-refractivity contribution in [2.75, 3.05) is 7.11 Å². The number of thioether (sulfide) groups is 1. The minimum Gasteiger partial charge on any atom is -0.457 e. The van der Waals surface area contributed by atoms with Crippen LogP contribution >= 0.6 is 23.4 Å². The zero-order valence-corrected chi connectivity index (χ0v) is 18.6. The smallest absolute Gasteiger partial charge is 0.283 e. The lowest BCUT2D eigenvalue weighted by Crippen LogP contribution is -2.75. The average molecular weight is 459 g/mol. The number of quaternary nitrogens is 1. The van der Waals surface area contributed by atoms with Crippen molar-refractivity contribution in [1.82, 2.24) is 5.01 Å². The Morgan fingerprint density at radius 3 is 2.94 bits per heavy atom. The van der Waals surface area contributed by atoms with Crippen LogP contribution in [0.25, 0.3) is 17.4 Å². The van der Waals surface area contributed by atoms with Crippen molar-refractivity contribution in [3.05, 3.63) is 46.7 Å². The fourth-order valence-electron chi connectivity index (χ4n) is 3.12.